The molecular formula is C27H24N4O. The van der Waals surface area contributed by atoms with Crippen LogP contribution in [-0.4, -0.2) is 21.1 Å². The molecule has 0 spiro atoms. The van der Waals surface area contributed by atoms with E-state index in [0.717, 1.165) is 45.1 Å². The molecule has 32 heavy (non-hydrogen) atoms. The van der Waals surface area contributed by atoms with Gasteiger partial charge >= 0.3 is 0 Å². The first-order chi connectivity index (χ1) is 15.7. The Morgan fingerprint density at radius 1 is 0.875 bits per heavy atom. The van der Waals surface area contributed by atoms with Crippen molar-refractivity contribution >= 4 is 22.5 Å². The molecule has 2 aromatic heterocycles. The van der Waals surface area contributed by atoms with Gasteiger partial charge in [0.05, 0.1) is 12.0 Å². The summed E-state index contributed by atoms with van der Waals surface area (Å²) in [5.41, 5.74) is 6.29. The van der Waals surface area contributed by atoms with Crippen molar-refractivity contribution in [3.05, 3.63) is 97.0 Å². The number of aryl methyl sites for hydroxylation is 1. The molecular weight excluding hydrogens is 396 g/mol. The molecule has 0 aliphatic rings. The Hall–Kier alpha value is -4.12. The first kappa shape index (κ1) is 19.8. The van der Waals surface area contributed by atoms with Crippen LogP contribution in [0.5, 0.6) is 5.75 Å². The van der Waals surface area contributed by atoms with Crippen LogP contribution >= 0.6 is 0 Å². The molecule has 0 aliphatic carbocycles. The van der Waals surface area contributed by atoms with E-state index in [0.29, 0.717) is 6.61 Å². The fraction of sp³-hybridized carbons (Fsp3) is 0.111. The molecule has 2 heterocycles. The second kappa shape index (κ2) is 8.55. The van der Waals surface area contributed by atoms with Crippen molar-refractivity contribution in [2.75, 3.05) is 11.9 Å². The Morgan fingerprint density at radius 3 is 2.38 bits per heavy atom. The Labute approximate surface area is 187 Å². The summed E-state index contributed by atoms with van der Waals surface area (Å²) in [5.74, 6) is 1.62. The average Bonchev–Trinajstić information content (AvgIpc) is 3.22. The maximum Gasteiger partial charge on any atom is 0.150 e. The number of hydrogen-bond donors (Lipinski definition) is 1. The molecule has 1 N–H and O–H groups in total. The summed E-state index contributed by atoms with van der Waals surface area (Å²) in [5, 5.41) is 4.47. The van der Waals surface area contributed by atoms with Gasteiger partial charge in [-0.1, -0.05) is 48.5 Å². The molecule has 158 valence electrons. The molecule has 5 aromatic rings. The monoisotopic (exact) mass is 420 g/mol. The molecule has 0 amide bonds. The second-order valence-corrected chi connectivity index (χ2v) is 7.57. The van der Waals surface area contributed by atoms with Crippen LogP contribution in [0.3, 0.4) is 0 Å². The highest BCUT2D eigenvalue weighted by atomic mass is 16.5. The van der Waals surface area contributed by atoms with E-state index < -0.39 is 0 Å². The highest BCUT2D eigenvalue weighted by molar-refractivity contribution is 6.03. The van der Waals surface area contributed by atoms with Gasteiger partial charge in [0, 0.05) is 23.1 Å². The number of benzene rings is 3. The molecule has 5 rings (SSSR count). The normalized spacial score (nSPS) is 10.9. The van der Waals surface area contributed by atoms with Crippen LogP contribution in [0.2, 0.25) is 0 Å². The van der Waals surface area contributed by atoms with Gasteiger partial charge in [-0.15, -0.1) is 0 Å². The van der Waals surface area contributed by atoms with Gasteiger partial charge in [0.1, 0.15) is 17.9 Å². The van der Waals surface area contributed by atoms with Gasteiger partial charge in [-0.3, -0.25) is 0 Å². The molecule has 0 atom stereocenters. The van der Waals surface area contributed by atoms with E-state index in [1.165, 1.54) is 5.56 Å². The van der Waals surface area contributed by atoms with Crippen molar-refractivity contribution in [2.45, 2.75) is 13.8 Å². The number of hydrogen-bond acceptors (Lipinski definition) is 4. The van der Waals surface area contributed by atoms with Crippen LogP contribution in [0.15, 0.2) is 91.4 Å². The maximum absolute atomic E-state index is 5.57. The average molecular weight is 421 g/mol. The van der Waals surface area contributed by atoms with Crippen LogP contribution in [0, 0.1) is 6.92 Å². The molecule has 0 saturated heterocycles. The zero-order valence-electron chi connectivity index (χ0n) is 18.1. The number of nitrogens with one attached hydrogen (secondary N) is 1. The summed E-state index contributed by atoms with van der Waals surface area (Å²) in [6, 6.07) is 26.6. The number of fused-ring (bicyclic) bond motifs is 1. The van der Waals surface area contributed by atoms with Crippen LogP contribution < -0.4 is 10.1 Å². The highest BCUT2D eigenvalue weighted by Crippen LogP contribution is 2.36. The van der Waals surface area contributed by atoms with E-state index in [-0.39, 0.29) is 0 Å². The molecule has 0 bridgehead atoms. The van der Waals surface area contributed by atoms with Crippen LogP contribution in [0.4, 0.5) is 11.5 Å². The van der Waals surface area contributed by atoms with Crippen molar-refractivity contribution in [1.82, 2.24) is 14.5 Å². The van der Waals surface area contributed by atoms with Gasteiger partial charge in [0.25, 0.3) is 0 Å². The summed E-state index contributed by atoms with van der Waals surface area (Å²) in [6.07, 6.45) is 3.77. The van der Waals surface area contributed by atoms with Crippen molar-refractivity contribution in [3.63, 3.8) is 0 Å². The molecule has 3 aromatic carbocycles. The lowest BCUT2D eigenvalue weighted by Crippen LogP contribution is -1.99. The highest BCUT2D eigenvalue weighted by Gasteiger charge is 2.18. The largest absolute Gasteiger partial charge is 0.494 e. The number of anilines is 2. The molecule has 0 aliphatic heterocycles. The summed E-state index contributed by atoms with van der Waals surface area (Å²) in [6.45, 7) is 4.74. The Balaban J connectivity index is 1.68. The van der Waals surface area contributed by atoms with Crippen LogP contribution in [0.25, 0.3) is 27.8 Å². The molecule has 5 heteroatoms. The topological polar surface area (TPSA) is 52.0 Å². The first-order valence-electron chi connectivity index (χ1n) is 10.7. The van der Waals surface area contributed by atoms with E-state index in [1.54, 1.807) is 6.33 Å². The standard InChI is InChI=1S/C27H24N4O/c1-3-32-22-15-13-21(14-16-22)30-26-25-23(20-10-5-4-6-11-20)17-31(27(25)29-18-28-26)24-12-8-7-9-19(24)2/h4-18H,3H2,1-2H3,(H,28,29,30). The Bertz CT molecular complexity index is 1360. The smallest absolute Gasteiger partial charge is 0.150 e. The third kappa shape index (κ3) is 3.69. The van der Waals surface area contributed by atoms with E-state index >= 15 is 0 Å². The number of nitrogens with zero attached hydrogens (tertiary/aromatic N) is 3. The maximum atomic E-state index is 5.57. The molecule has 0 unspecified atom stereocenters. The lowest BCUT2D eigenvalue weighted by atomic mass is 10.1. The van der Waals surface area contributed by atoms with Gasteiger partial charge in [0.15, 0.2) is 5.65 Å². The predicted molar refractivity (Wildman–Crippen MR) is 130 cm³/mol. The van der Waals surface area contributed by atoms with Gasteiger partial charge in [-0.05, 0) is 55.3 Å². The first-order valence-corrected chi connectivity index (χ1v) is 10.7. The predicted octanol–water partition coefficient (Wildman–Crippen LogP) is 6.54. The number of para-hydroxylation sites is 1. The minimum Gasteiger partial charge on any atom is -0.494 e. The van der Waals surface area contributed by atoms with Crippen molar-refractivity contribution in [1.29, 1.82) is 0 Å². The fourth-order valence-electron chi connectivity index (χ4n) is 3.95. The van der Waals surface area contributed by atoms with Gasteiger partial charge in [0.2, 0.25) is 0 Å². The zero-order valence-corrected chi connectivity index (χ0v) is 18.1. The zero-order chi connectivity index (χ0) is 21.9. The molecule has 5 nitrogen and oxygen atoms in total. The number of aromatic nitrogens is 3. The quantitative estimate of drug-likeness (QED) is 0.339. The van der Waals surface area contributed by atoms with Gasteiger partial charge in [-0.2, -0.15) is 0 Å². The van der Waals surface area contributed by atoms with Crippen molar-refractivity contribution in [2.24, 2.45) is 0 Å². The van der Waals surface area contributed by atoms with Crippen LogP contribution in [-0.2, 0) is 0 Å². The minimum absolute atomic E-state index is 0.645. The lowest BCUT2D eigenvalue weighted by molar-refractivity contribution is 0.340. The SMILES string of the molecule is CCOc1ccc(Nc2ncnc3c2c(-c2ccccc2)cn3-c2ccccc2C)cc1. The number of rotatable bonds is 6. The third-order valence-electron chi connectivity index (χ3n) is 5.47. The Morgan fingerprint density at radius 2 is 1.62 bits per heavy atom. The van der Waals surface area contributed by atoms with E-state index in [9.17, 15) is 0 Å². The van der Waals surface area contributed by atoms with Crippen molar-refractivity contribution in [3.8, 4) is 22.6 Å². The summed E-state index contributed by atoms with van der Waals surface area (Å²) in [7, 11) is 0. The molecule has 0 fully saturated rings. The van der Waals surface area contributed by atoms with Crippen LogP contribution in [0.1, 0.15) is 12.5 Å². The van der Waals surface area contributed by atoms with E-state index in [4.69, 9.17) is 4.74 Å². The fourth-order valence-corrected chi connectivity index (χ4v) is 3.95. The number of ether oxygens (including phenoxy) is 1. The summed E-state index contributed by atoms with van der Waals surface area (Å²) in [4.78, 5) is 9.29. The van der Waals surface area contributed by atoms with E-state index in [2.05, 4.69) is 81.5 Å². The van der Waals surface area contributed by atoms with Gasteiger partial charge < -0.3 is 14.6 Å². The second-order valence-electron chi connectivity index (χ2n) is 7.57. The Kier molecular flexibility index (Phi) is 5.30. The lowest BCUT2D eigenvalue weighted by Gasteiger charge is -2.10. The third-order valence-corrected chi connectivity index (χ3v) is 5.47. The summed E-state index contributed by atoms with van der Waals surface area (Å²) < 4.78 is 7.72. The summed E-state index contributed by atoms with van der Waals surface area (Å²) >= 11 is 0. The molecule has 0 saturated carbocycles. The van der Waals surface area contributed by atoms with Gasteiger partial charge in [-0.25, -0.2) is 9.97 Å². The minimum atomic E-state index is 0.645. The molecule has 0 radical (unpaired) electrons. The van der Waals surface area contributed by atoms with E-state index in [1.807, 2.05) is 37.3 Å². The van der Waals surface area contributed by atoms with Crippen molar-refractivity contribution < 1.29 is 4.74 Å².